The molecule has 0 radical (unpaired) electrons. The SMILES string of the molecule is CCN(c1nc(CC(=O)O)cs1)C1CCCC1. The van der Waals surface area contributed by atoms with Gasteiger partial charge >= 0.3 is 5.97 Å². The molecule has 0 bridgehead atoms. The van der Waals surface area contributed by atoms with E-state index in [2.05, 4.69) is 16.8 Å². The van der Waals surface area contributed by atoms with Crippen LogP contribution in [-0.4, -0.2) is 28.6 Å². The van der Waals surface area contributed by atoms with E-state index in [1.165, 1.54) is 25.7 Å². The average Bonchev–Trinajstić information content (AvgIpc) is 2.90. The smallest absolute Gasteiger partial charge is 0.309 e. The molecule has 17 heavy (non-hydrogen) atoms. The van der Waals surface area contributed by atoms with Gasteiger partial charge in [-0.05, 0) is 19.8 Å². The van der Waals surface area contributed by atoms with E-state index in [9.17, 15) is 4.79 Å². The number of hydrogen-bond acceptors (Lipinski definition) is 4. The third kappa shape index (κ3) is 2.97. The summed E-state index contributed by atoms with van der Waals surface area (Å²) in [4.78, 5) is 17.4. The Kier molecular flexibility index (Phi) is 3.99. The molecule has 1 aromatic rings. The van der Waals surface area contributed by atoms with Crippen molar-refractivity contribution in [2.24, 2.45) is 0 Å². The summed E-state index contributed by atoms with van der Waals surface area (Å²) in [6, 6.07) is 0.601. The predicted octanol–water partition coefficient (Wildman–Crippen LogP) is 2.54. The maximum Gasteiger partial charge on any atom is 0.309 e. The van der Waals surface area contributed by atoms with E-state index < -0.39 is 5.97 Å². The third-order valence-electron chi connectivity index (χ3n) is 3.22. The molecule has 0 atom stereocenters. The summed E-state index contributed by atoms with van der Waals surface area (Å²) in [5.74, 6) is -0.814. The number of hydrogen-bond donors (Lipinski definition) is 1. The Labute approximate surface area is 105 Å². The lowest BCUT2D eigenvalue weighted by Crippen LogP contribution is -2.32. The van der Waals surface area contributed by atoms with Gasteiger partial charge < -0.3 is 10.0 Å². The fourth-order valence-electron chi connectivity index (χ4n) is 2.43. The van der Waals surface area contributed by atoms with Crippen molar-refractivity contribution in [3.05, 3.63) is 11.1 Å². The van der Waals surface area contributed by atoms with E-state index in [0.29, 0.717) is 11.7 Å². The normalized spacial score (nSPS) is 16.3. The number of nitrogens with zero attached hydrogens (tertiary/aromatic N) is 2. The number of rotatable bonds is 5. The number of carbonyl (C=O) groups is 1. The van der Waals surface area contributed by atoms with E-state index in [1.807, 2.05) is 5.38 Å². The van der Waals surface area contributed by atoms with E-state index >= 15 is 0 Å². The average molecular weight is 254 g/mol. The van der Waals surface area contributed by atoms with Crippen LogP contribution >= 0.6 is 11.3 Å². The van der Waals surface area contributed by atoms with E-state index in [4.69, 9.17) is 5.11 Å². The molecule has 0 aromatic carbocycles. The van der Waals surface area contributed by atoms with Crippen molar-refractivity contribution < 1.29 is 9.90 Å². The van der Waals surface area contributed by atoms with Gasteiger partial charge in [-0.1, -0.05) is 12.8 Å². The minimum Gasteiger partial charge on any atom is -0.481 e. The van der Waals surface area contributed by atoms with Crippen LogP contribution in [-0.2, 0) is 11.2 Å². The molecule has 5 heteroatoms. The van der Waals surface area contributed by atoms with Gasteiger partial charge in [0.2, 0.25) is 0 Å². The molecule has 1 saturated carbocycles. The zero-order valence-electron chi connectivity index (χ0n) is 10.1. The maximum atomic E-state index is 10.6. The second-order valence-electron chi connectivity index (χ2n) is 4.42. The van der Waals surface area contributed by atoms with E-state index in [-0.39, 0.29) is 6.42 Å². The highest BCUT2D eigenvalue weighted by molar-refractivity contribution is 7.13. The molecule has 0 aliphatic heterocycles. The first-order valence-corrected chi connectivity index (χ1v) is 7.01. The van der Waals surface area contributed by atoms with Crippen LogP contribution in [0, 0.1) is 0 Å². The maximum absolute atomic E-state index is 10.6. The van der Waals surface area contributed by atoms with Crippen LogP contribution in [0.1, 0.15) is 38.3 Å². The first kappa shape index (κ1) is 12.4. The highest BCUT2D eigenvalue weighted by atomic mass is 32.1. The molecule has 1 aliphatic carbocycles. The summed E-state index contributed by atoms with van der Waals surface area (Å²) in [6.07, 6.45) is 5.10. The Bertz CT molecular complexity index is 386. The van der Waals surface area contributed by atoms with Crippen molar-refractivity contribution in [2.45, 2.75) is 45.1 Å². The van der Waals surface area contributed by atoms with Crippen LogP contribution in [0.25, 0.3) is 0 Å². The molecule has 0 amide bonds. The Balaban J connectivity index is 2.08. The van der Waals surface area contributed by atoms with Gasteiger partial charge in [0, 0.05) is 18.0 Å². The number of thiazole rings is 1. The molecule has 0 spiro atoms. The molecule has 1 heterocycles. The van der Waals surface area contributed by atoms with E-state index in [0.717, 1.165) is 11.7 Å². The van der Waals surface area contributed by atoms with Crippen molar-refractivity contribution in [2.75, 3.05) is 11.4 Å². The summed E-state index contributed by atoms with van der Waals surface area (Å²) in [5, 5.41) is 11.6. The Hall–Kier alpha value is -1.10. The second-order valence-corrected chi connectivity index (χ2v) is 5.25. The number of carboxylic acids is 1. The number of carboxylic acid groups (broad SMARTS) is 1. The molecular weight excluding hydrogens is 236 g/mol. The van der Waals surface area contributed by atoms with Crippen LogP contribution < -0.4 is 4.90 Å². The first-order valence-electron chi connectivity index (χ1n) is 6.13. The Morgan fingerprint density at radius 3 is 2.88 bits per heavy atom. The lowest BCUT2D eigenvalue weighted by Gasteiger charge is -2.26. The fraction of sp³-hybridized carbons (Fsp3) is 0.667. The summed E-state index contributed by atoms with van der Waals surface area (Å²) in [7, 11) is 0. The van der Waals surface area contributed by atoms with Gasteiger partial charge in [0.1, 0.15) is 0 Å². The molecule has 0 unspecified atom stereocenters. The number of anilines is 1. The fourth-order valence-corrected chi connectivity index (χ4v) is 3.39. The van der Waals surface area contributed by atoms with Crippen molar-refractivity contribution in [1.82, 2.24) is 4.98 Å². The molecular formula is C12H18N2O2S. The van der Waals surface area contributed by atoms with Crippen LogP contribution in [0.4, 0.5) is 5.13 Å². The topological polar surface area (TPSA) is 53.4 Å². The zero-order valence-corrected chi connectivity index (χ0v) is 10.9. The minimum absolute atomic E-state index is 0.0265. The lowest BCUT2D eigenvalue weighted by molar-refractivity contribution is -0.136. The molecule has 1 aliphatic rings. The van der Waals surface area contributed by atoms with Crippen molar-refractivity contribution in [3.63, 3.8) is 0 Å². The first-order chi connectivity index (χ1) is 8.20. The van der Waals surface area contributed by atoms with Crippen molar-refractivity contribution in [3.8, 4) is 0 Å². The van der Waals surface area contributed by atoms with Gasteiger partial charge in [0.25, 0.3) is 0 Å². The van der Waals surface area contributed by atoms with Gasteiger partial charge in [-0.15, -0.1) is 11.3 Å². The van der Waals surface area contributed by atoms with Crippen LogP contribution in [0.5, 0.6) is 0 Å². The molecule has 1 fully saturated rings. The summed E-state index contributed by atoms with van der Waals surface area (Å²) >= 11 is 1.56. The van der Waals surface area contributed by atoms with Gasteiger partial charge in [-0.3, -0.25) is 4.79 Å². The van der Waals surface area contributed by atoms with Gasteiger partial charge in [0.05, 0.1) is 12.1 Å². The van der Waals surface area contributed by atoms with Crippen molar-refractivity contribution in [1.29, 1.82) is 0 Å². The Morgan fingerprint density at radius 1 is 1.59 bits per heavy atom. The summed E-state index contributed by atoms with van der Waals surface area (Å²) < 4.78 is 0. The molecule has 1 aromatic heterocycles. The zero-order chi connectivity index (χ0) is 12.3. The number of aromatic nitrogens is 1. The second kappa shape index (κ2) is 5.49. The van der Waals surface area contributed by atoms with Crippen LogP contribution in [0.2, 0.25) is 0 Å². The lowest BCUT2D eigenvalue weighted by atomic mass is 10.2. The van der Waals surface area contributed by atoms with Crippen LogP contribution in [0.3, 0.4) is 0 Å². The quantitative estimate of drug-likeness (QED) is 0.877. The van der Waals surface area contributed by atoms with Gasteiger partial charge in [-0.2, -0.15) is 0 Å². The monoisotopic (exact) mass is 254 g/mol. The summed E-state index contributed by atoms with van der Waals surface area (Å²) in [5.41, 5.74) is 0.675. The largest absolute Gasteiger partial charge is 0.481 e. The van der Waals surface area contributed by atoms with Crippen molar-refractivity contribution >= 4 is 22.4 Å². The summed E-state index contributed by atoms with van der Waals surface area (Å²) in [6.45, 7) is 3.08. The Morgan fingerprint density at radius 2 is 2.29 bits per heavy atom. The highest BCUT2D eigenvalue weighted by Crippen LogP contribution is 2.30. The van der Waals surface area contributed by atoms with Gasteiger partial charge in [0.15, 0.2) is 5.13 Å². The molecule has 94 valence electrons. The van der Waals surface area contributed by atoms with E-state index in [1.54, 1.807) is 11.3 Å². The third-order valence-corrected chi connectivity index (χ3v) is 4.15. The van der Waals surface area contributed by atoms with Crippen LogP contribution in [0.15, 0.2) is 5.38 Å². The molecule has 2 rings (SSSR count). The standard InChI is InChI=1S/C12H18N2O2S/c1-2-14(10-5-3-4-6-10)12-13-9(8-17-12)7-11(15)16/h8,10H,2-7H2,1H3,(H,15,16). The highest BCUT2D eigenvalue weighted by Gasteiger charge is 2.23. The molecule has 4 nitrogen and oxygen atoms in total. The minimum atomic E-state index is -0.814. The molecule has 0 saturated heterocycles. The predicted molar refractivity (Wildman–Crippen MR) is 68.7 cm³/mol. The molecule has 1 N–H and O–H groups in total. The number of aliphatic carboxylic acids is 1. The van der Waals surface area contributed by atoms with Gasteiger partial charge in [-0.25, -0.2) is 4.98 Å².